The highest BCUT2D eigenvalue weighted by Gasteiger charge is 2.33. The van der Waals surface area contributed by atoms with E-state index in [4.69, 9.17) is 10.5 Å². The molecule has 1 amide bonds. The normalized spacial score (nSPS) is 14.9. The molecule has 0 aliphatic heterocycles. The third-order valence-electron chi connectivity index (χ3n) is 1.69. The van der Waals surface area contributed by atoms with E-state index >= 15 is 0 Å². The first-order valence-corrected chi connectivity index (χ1v) is 4.49. The molecule has 1 atom stereocenters. The number of nitrogens with two attached hydrogens (primary N) is 1. The average molecular weight is 215 g/mol. The van der Waals surface area contributed by atoms with Crippen LogP contribution in [0.3, 0.4) is 0 Å². The van der Waals surface area contributed by atoms with E-state index in [1.165, 1.54) is 13.0 Å². The number of amides is 1. The Morgan fingerprint density at radius 3 is 2.33 bits per heavy atom. The summed E-state index contributed by atoms with van der Waals surface area (Å²) < 4.78 is 5.40. The van der Waals surface area contributed by atoms with E-state index in [-0.39, 0.29) is 6.61 Å². The van der Waals surface area contributed by atoms with Crippen LogP contribution in [-0.4, -0.2) is 29.7 Å². The molecule has 1 unspecified atom stereocenters. The molecule has 0 rings (SSSR count). The zero-order valence-corrected chi connectivity index (χ0v) is 9.46. The van der Waals surface area contributed by atoms with Crippen molar-refractivity contribution in [3.8, 4) is 0 Å². The van der Waals surface area contributed by atoms with Gasteiger partial charge < -0.3 is 10.5 Å². The lowest BCUT2D eigenvalue weighted by molar-refractivity contribution is -0.129. The molecular formula is C9H17N3O3. The predicted octanol–water partition coefficient (Wildman–Crippen LogP) is -0.114. The van der Waals surface area contributed by atoms with Crippen LogP contribution in [-0.2, 0) is 14.3 Å². The van der Waals surface area contributed by atoms with Crippen LogP contribution in [0.15, 0.2) is 5.10 Å². The van der Waals surface area contributed by atoms with Crippen molar-refractivity contribution in [2.45, 2.75) is 38.8 Å². The van der Waals surface area contributed by atoms with Crippen molar-refractivity contribution in [1.29, 1.82) is 0 Å². The summed E-state index contributed by atoms with van der Waals surface area (Å²) in [5.41, 5.74) is 5.89. The fraction of sp³-hybridized carbons (Fsp3) is 0.778. The molecule has 0 bridgehead atoms. The Bertz CT molecular complexity index is 279. The first kappa shape index (κ1) is 13.6. The Kier molecular flexibility index (Phi) is 4.45. The summed E-state index contributed by atoms with van der Waals surface area (Å²) >= 11 is 0. The van der Waals surface area contributed by atoms with Crippen LogP contribution in [0.25, 0.3) is 0 Å². The summed E-state index contributed by atoms with van der Waals surface area (Å²) in [6, 6.07) is 0. The monoisotopic (exact) mass is 215 g/mol. The van der Waals surface area contributed by atoms with Gasteiger partial charge in [0.1, 0.15) is 0 Å². The topological polar surface area (TPSA) is 93.8 Å². The number of primary amides is 1. The van der Waals surface area contributed by atoms with Crippen molar-refractivity contribution < 1.29 is 14.3 Å². The molecule has 3 N–H and O–H groups in total. The lowest BCUT2D eigenvalue weighted by Gasteiger charge is -2.29. The van der Waals surface area contributed by atoms with E-state index in [1.807, 2.05) is 20.8 Å². The molecule has 0 aromatic rings. The van der Waals surface area contributed by atoms with Gasteiger partial charge in [-0.15, -0.1) is 0 Å². The number of hydrogen-bond acceptors (Lipinski definition) is 5. The highest BCUT2D eigenvalue weighted by Crippen LogP contribution is 2.12. The number of ether oxygens (including phenoxy) is 1. The summed E-state index contributed by atoms with van der Waals surface area (Å²) in [5.74, 6) is -0.647. The van der Waals surface area contributed by atoms with Gasteiger partial charge in [-0.3, -0.25) is 10.2 Å². The number of nitrogens with zero attached hydrogens (tertiary/aromatic N) is 1. The van der Waals surface area contributed by atoms with Crippen LogP contribution < -0.4 is 11.2 Å². The maximum atomic E-state index is 11.1. The van der Waals surface area contributed by atoms with Crippen LogP contribution in [0, 0.1) is 0 Å². The highest BCUT2D eigenvalue weighted by molar-refractivity contribution is 5.84. The minimum atomic E-state index is -1.20. The lowest BCUT2D eigenvalue weighted by Crippen LogP contribution is -2.55. The Labute approximate surface area is 88.9 Å². The van der Waals surface area contributed by atoms with E-state index in [0.29, 0.717) is 0 Å². The third kappa shape index (κ3) is 5.15. The number of hydrazone groups is 1. The average Bonchev–Trinajstić information content (AvgIpc) is 2.10. The van der Waals surface area contributed by atoms with Gasteiger partial charge in [-0.05, 0) is 27.7 Å². The molecule has 0 aromatic carbocycles. The first-order valence-electron chi connectivity index (χ1n) is 4.49. The molecule has 0 fully saturated rings. The molecule has 6 heteroatoms. The second-order valence-corrected chi connectivity index (χ2v) is 4.41. The zero-order chi connectivity index (χ0) is 12.1. The number of rotatable bonds is 5. The Balaban J connectivity index is 4.52. The summed E-state index contributed by atoms with van der Waals surface area (Å²) in [6.45, 7) is 7.06. The van der Waals surface area contributed by atoms with Crippen molar-refractivity contribution in [1.82, 2.24) is 5.43 Å². The zero-order valence-electron chi connectivity index (χ0n) is 9.46. The van der Waals surface area contributed by atoms with Crippen LogP contribution in [0.1, 0.15) is 27.7 Å². The van der Waals surface area contributed by atoms with Crippen molar-refractivity contribution in [2.24, 2.45) is 10.8 Å². The van der Waals surface area contributed by atoms with E-state index in [1.54, 1.807) is 0 Å². The number of carbonyl (C=O) groups is 1. The first-order chi connectivity index (χ1) is 6.71. The Morgan fingerprint density at radius 2 is 2.00 bits per heavy atom. The molecule has 0 saturated heterocycles. The van der Waals surface area contributed by atoms with Crippen LogP contribution in [0.2, 0.25) is 0 Å². The molecule has 0 radical (unpaired) electrons. The van der Waals surface area contributed by atoms with Gasteiger partial charge in [-0.1, -0.05) is 5.10 Å². The van der Waals surface area contributed by atoms with E-state index in [0.717, 1.165) is 0 Å². The summed E-state index contributed by atoms with van der Waals surface area (Å²) in [7, 11) is 0. The standard InChI is InChI=1S/C9H17N3O3/c1-8(2,3)15-5-9(4,7(10)14)12-11-6-13/h12H,5H2,1-4H3,(H2,10,14). The fourth-order valence-electron chi connectivity index (χ4n) is 0.666. The molecule has 0 aromatic heterocycles. The van der Waals surface area contributed by atoms with Crippen LogP contribution in [0.5, 0.6) is 0 Å². The van der Waals surface area contributed by atoms with Gasteiger partial charge in [-0.25, -0.2) is 4.79 Å². The molecule has 0 spiro atoms. The maximum Gasteiger partial charge on any atom is 0.258 e. The smallest absolute Gasteiger partial charge is 0.258 e. The Morgan fingerprint density at radius 1 is 1.47 bits per heavy atom. The Hall–Kier alpha value is -1.39. The molecule has 6 nitrogen and oxygen atoms in total. The van der Waals surface area contributed by atoms with Gasteiger partial charge in [0.05, 0.1) is 12.2 Å². The second kappa shape index (κ2) is 4.91. The molecule has 86 valence electrons. The van der Waals surface area contributed by atoms with Crippen molar-refractivity contribution in [2.75, 3.05) is 6.61 Å². The van der Waals surface area contributed by atoms with Crippen LogP contribution >= 0.6 is 0 Å². The summed E-state index contributed by atoms with van der Waals surface area (Å²) in [6.07, 6.45) is 1.28. The molecule has 0 heterocycles. The van der Waals surface area contributed by atoms with Crippen molar-refractivity contribution in [3.63, 3.8) is 0 Å². The van der Waals surface area contributed by atoms with E-state index in [9.17, 15) is 9.59 Å². The molecule has 0 aliphatic rings. The summed E-state index contributed by atoms with van der Waals surface area (Å²) in [5, 5.41) is 3.13. The van der Waals surface area contributed by atoms with Gasteiger partial charge in [0, 0.05) is 0 Å². The lowest BCUT2D eigenvalue weighted by atomic mass is 10.0. The number of hydrogen-bond donors (Lipinski definition) is 2. The van der Waals surface area contributed by atoms with E-state index in [2.05, 4.69) is 10.5 Å². The van der Waals surface area contributed by atoms with E-state index < -0.39 is 17.0 Å². The third-order valence-corrected chi connectivity index (χ3v) is 1.69. The molecule has 15 heavy (non-hydrogen) atoms. The van der Waals surface area contributed by atoms with Gasteiger partial charge in [0.2, 0.25) is 5.91 Å². The van der Waals surface area contributed by atoms with Gasteiger partial charge >= 0.3 is 0 Å². The van der Waals surface area contributed by atoms with Gasteiger partial charge in [-0.2, -0.15) is 0 Å². The molecule has 0 saturated carbocycles. The molecular weight excluding hydrogens is 198 g/mol. The highest BCUT2D eigenvalue weighted by atomic mass is 16.5. The second-order valence-electron chi connectivity index (χ2n) is 4.41. The summed E-state index contributed by atoms with van der Waals surface area (Å²) in [4.78, 5) is 21.1. The van der Waals surface area contributed by atoms with Crippen molar-refractivity contribution in [3.05, 3.63) is 0 Å². The largest absolute Gasteiger partial charge is 0.373 e. The number of carbonyl (C=O) groups excluding carboxylic acids is 2. The minimum Gasteiger partial charge on any atom is -0.373 e. The quantitative estimate of drug-likeness (QED) is 0.380. The minimum absolute atomic E-state index is 0.0248. The van der Waals surface area contributed by atoms with Crippen molar-refractivity contribution >= 4 is 12.0 Å². The number of isocyanates is 1. The maximum absolute atomic E-state index is 11.1. The fourth-order valence-corrected chi connectivity index (χ4v) is 0.666. The van der Waals surface area contributed by atoms with Gasteiger partial charge in [0.15, 0.2) is 5.54 Å². The predicted molar refractivity (Wildman–Crippen MR) is 54.6 cm³/mol. The van der Waals surface area contributed by atoms with Gasteiger partial charge in [0.25, 0.3) is 6.08 Å². The SMILES string of the molecule is CC(C)(C)OCC(C)(NN=C=O)C(N)=O. The molecule has 0 aliphatic carbocycles. The van der Waals surface area contributed by atoms with Crippen LogP contribution in [0.4, 0.5) is 0 Å². The number of nitrogens with one attached hydrogen (secondary N) is 1.